The number of anilines is 1. The largest absolute Gasteiger partial charge is 0.422 e. The van der Waals surface area contributed by atoms with Crippen molar-refractivity contribution in [1.82, 2.24) is 15.2 Å². The van der Waals surface area contributed by atoms with Gasteiger partial charge in [-0.15, -0.1) is 0 Å². The second-order valence-electron chi connectivity index (χ2n) is 7.52. The van der Waals surface area contributed by atoms with Crippen molar-refractivity contribution in [3.8, 4) is 16.9 Å². The van der Waals surface area contributed by atoms with Gasteiger partial charge in [0.25, 0.3) is 5.91 Å². The second kappa shape index (κ2) is 8.87. The Morgan fingerprint density at radius 2 is 1.74 bits per heavy atom. The molecule has 2 aromatic heterocycles. The van der Waals surface area contributed by atoms with Crippen molar-refractivity contribution in [3.63, 3.8) is 0 Å². The fourth-order valence-electron chi connectivity index (χ4n) is 3.49. The average Bonchev–Trinajstić information content (AvgIpc) is 3.28. The summed E-state index contributed by atoms with van der Waals surface area (Å²) >= 11 is 0. The summed E-state index contributed by atoms with van der Waals surface area (Å²) in [7, 11) is 0. The van der Waals surface area contributed by atoms with Crippen molar-refractivity contribution in [2.24, 2.45) is 5.10 Å². The number of nitrogens with one attached hydrogen (secondary N) is 1. The van der Waals surface area contributed by atoms with Crippen LogP contribution < -0.4 is 16.8 Å². The number of nitrogens with zero attached hydrogens (tertiary/aromatic N) is 3. The van der Waals surface area contributed by atoms with E-state index >= 15 is 0 Å². The molecule has 1 amide bonds. The molecule has 3 N–H and O–H groups in total. The van der Waals surface area contributed by atoms with Gasteiger partial charge in [-0.25, -0.2) is 14.9 Å². The van der Waals surface area contributed by atoms with Crippen LogP contribution in [0, 0.1) is 0 Å². The number of nitrogens with two attached hydrogens (primary N) is 1. The summed E-state index contributed by atoms with van der Waals surface area (Å²) in [5.74, 6) is -0.390. The Kier molecular flexibility index (Phi) is 5.45. The number of para-hydroxylation sites is 2. The van der Waals surface area contributed by atoms with Crippen LogP contribution in [-0.2, 0) is 0 Å². The lowest BCUT2D eigenvalue weighted by molar-refractivity contribution is 0.0955. The number of nitrogen functional groups attached to an aromatic ring is 1. The third-order valence-corrected chi connectivity index (χ3v) is 5.20. The van der Waals surface area contributed by atoms with E-state index in [-0.39, 0.29) is 0 Å². The summed E-state index contributed by atoms with van der Waals surface area (Å²) in [4.78, 5) is 25.2. The molecule has 0 aliphatic carbocycles. The first kappa shape index (κ1) is 20.9. The minimum atomic E-state index is -0.516. The van der Waals surface area contributed by atoms with Gasteiger partial charge in [0.05, 0.1) is 17.5 Å². The first-order valence-corrected chi connectivity index (χ1v) is 10.5. The number of carbonyl (C=O) groups is 1. The van der Waals surface area contributed by atoms with Crippen LogP contribution in [0.1, 0.15) is 15.9 Å². The maximum Gasteiger partial charge on any atom is 0.345 e. The fraction of sp³-hybridized carbons (Fsp3) is 0. The molecule has 5 rings (SSSR count). The van der Waals surface area contributed by atoms with Crippen LogP contribution in [0.15, 0.2) is 105 Å². The van der Waals surface area contributed by atoms with E-state index in [1.807, 2.05) is 42.5 Å². The molecule has 34 heavy (non-hydrogen) atoms. The number of fused-ring (bicyclic) bond motifs is 1. The Bertz CT molecular complexity index is 1570. The van der Waals surface area contributed by atoms with Crippen molar-refractivity contribution >= 4 is 28.8 Å². The number of hydrogen-bond acceptors (Lipinski definition) is 6. The molecule has 0 aliphatic rings. The van der Waals surface area contributed by atoms with Gasteiger partial charge in [0.15, 0.2) is 0 Å². The Morgan fingerprint density at radius 1 is 1.00 bits per heavy atom. The molecule has 0 bridgehead atoms. The highest BCUT2D eigenvalue weighted by atomic mass is 16.4. The van der Waals surface area contributed by atoms with Gasteiger partial charge in [-0.2, -0.15) is 10.2 Å². The summed E-state index contributed by atoms with van der Waals surface area (Å²) < 4.78 is 7.14. The molecule has 5 aromatic rings. The maximum absolute atomic E-state index is 12.8. The van der Waals surface area contributed by atoms with Gasteiger partial charge in [0.2, 0.25) is 0 Å². The molecule has 8 heteroatoms. The molecule has 0 spiro atoms. The summed E-state index contributed by atoms with van der Waals surface area (Å²) in [6.45, 7) is 0. The van der Waals surface area contributed by atoms with Gasteiger partial charge >= 0.3 is 5.63 Å². The van der Waals surface area contributed by atoms with Gasteiger partial charge in [-0.3, -0.25) is 4.79 Å². The minimum Gasteiger partial charge on any atom is -0.422 e. The van der Waals surface area contributed by atoms with Crippen LogP contribution >= 0.6 is 0 Å². The Hall–Kier alpha value is -4.98. The smallest absolute Gasteiger partial charge is 0.345 e. The van der Waals surface area contributed by atoms with Gasteiger partial charge in [-0.05, 0) is 48.5 Å². The van der Waals surface area contributed by atoms with Gasteiger partial charge in [-0.1, -0.05) is 36.4 Å². The monoisotopic (exact) mass is 449 g/mol. The second-order valence-corrected chi connectivity index (χ2v) is 7.52. The predicted octanol–water partition coefficient (Wildman–Crippen LogP) is 3.99. The third kappa shape index (κ3) is 4.20. The fourth-order valence-corrected chi connectivity index (χ4v) is 3.49. The summed E-state index contributed by atoms with van der Waals surface area (Å²) in [6, 6.07) is 25.0. The van der Waals surface area contributed by atoms with Crippen molar-refractivity contribution in [2.45, 2.75) is 0 Å². The van der Waals surface area contributed by atoms with E-state index in [1.54, 1.807) is 53.3 Å². The molecule has 0 radical (unpaired) electrons. The summed E-state index contributed by atoms with van der Waals surface area (Å²) in [6.07, 6.45) is 3.18. The lowest BCUT2D eigenvalue weighted by Crippen LogP contribution is -2.17. The number of hydrogen-bond donors (Lipinski definition) is 2. The van der Waals surface area contributed by atoms with E-state index in [9.17, 15) is 9.59 Å². The topological polar surface area (TPSA) is 116 Å². The average molecular weight is 449 g/mol. The molecule has 0 fully saturated rings. The number of rotatable bonds is 5. The zero-order valence-electron chi connectivity index (χ0n) is 17.9. The van der Waals surface area contributed by atoms with E-state index in [2.05, 4.69) is 15.6 Å². The zero-order chi connectivity index (χ0) is 23.5. The van der Waals surface area contributed by atoms with E-state index < -0.39 is 11.5 Å². The predicted molar refractivity (Wildman–Crippen MR) is 131 cm³/mol. The zero-order valence-corrected chi connectivity index (χ0v) is 17.9. The lowest BCUT2D eigenvalue weighted by Gasteiger charge is -2.02. The van der Waals surface area contributed by atoms with Gasteiger partial charge < -0.3 is 10.2 Å². The maximum atomic E-state index is 12.8. The van der Waals surface area contributed by atoms with Crippen LogP contribution in [0.25, 0.3) is 27.9 Å². The van der Waals surface area contributed by atoms with E-state index in [1.165, 1.54) is 6.21 Å². The van der Waals surface area contributed by atoms with Crippen LogP contribution in [-0.4, -0.2) is 21.9 Å². The summed E-state index contributed by atoms with van der Waals surface area (Å²) in [5, 5.41) is 9.48. The molecule has 0 saturated carbocycles. The normalized spacial score (nSPS) is 11.2. The number of benzene rings is 3. The highest BCUT2D eigenvalue weighted by molar-refractivity contribution is 5.96. The van der Waals surface area contributed by atoms with Crippen molar-refractivity contribution in [2.75, 3.05) is 5.73 Å². The highest BCUT2D eigenvalue weighted by Crippen LogP contribution is 2.23. The number of carbonyl (C=O) groups excluding carboxylic acids is 1. The third-order valence-electron chi connectivity index (χ3n) is 5.20. The van der Waals surface area contributed by atoms with Crippen molar-refractivity contribution in [1.29, 1.82) is 0 Å². The van der Waals surface area contributed by atoms with Crippen molar-refractivity contribution < 1.29 is 9.21 Å². The van der Waals surface area contributed by atoms with E-state index in [0.717, 1.165) is 11.1 Å². The first-order chi connectivity index (χ1) is 16.6. The molecular formula is C26H19N5O3. The van der Waals surface area contributed by atoms with Gasteiger partial charge in [0.1, 0.15) is 11.3 Å². The standard InChI is InChI=1S/C26H19N5O3/c27-20-12-10-17(11-13-20)25(32)29-28-15-19-16-31(21-7-2-1-3-8-21)30-24(19)22-14-18-6-4-5-9-23(18)34-26(22)33/h1-16H,27H2,(H,29,32). The Morgan fingerprint density at radius 3 is 2.53 bits per heavy atom. The molecule has 2 heterocycles. The number of aromatic nitrogens is 2. The Labute approximate surface area is 194 Å². The van der Waals surface area contributed by atoms with Crippen LogP contribution in [0.5, 0.6) is 0 Å². The molecule has 3 aromatic carbocycles. The quantitative estimate of drug-likeness (QED) is 0.182. The van der Waals surface area contributed by atoms with E-state index in [0.29, 0.717) is 33.7 Å². The van der Waals surface area contributed by atoms with E-state index in [4.69, 9.17) is 10.2 Å². The lowest BCUT2D eigenvalue weighted by atomic mass is 10.1. The highest BCUT2D eigenvalue weighted by Gasteiger charge is 2.16. The van der Waals surface area contributed by atoms with Crippen LogP contribution in [0.2, 0.25) is 0 Å². The van der Waals surface area contributed by atoms with Crippen LogP contribution in [0.4, 0.5) is 5.69 Å². The molecule has 0 atom stereocenters. The molecule has 0 unspecified atom stereocenters. The van der Waals surface area contributed by atoms with Gasteiger partial charge in [0, 0.05) is 28.4 Å². The summed E-state index contributed by atoms with van der Waals surface area (Å²) in [5.41, 5.74) is 11.1. The SMILES string of the molecule is Nc1ccc(C(=O)NN=Cc2cn(-c3ccccc3)nc2-c2cc3ccccc3oc2=O)cc1. The Balaban J connectivity index is 1.53. The van der Waals surface area contributed by atoms with Crippen LogP contribution in [0.3, 0.4) is 0 Å². The molecule has 0 saturated heterocycles. The molecule has 166 valence electrons. The first-order valence-electron chi connectivity index (χ1n) is 10.5. The molecule has 0 aliphatic heterocycles. The molecular weight excluding hydrogens is 430 g/mol. The number of amides is 1. The molecule has 8 nitrogen and oxygen atoms in total. The number of hydrazone groups is 1. The minimum absolute atomic E-state index is 0.291. The van der Waals surface area contributed by atoms with Crippen molar-refractivity contribution in [3.05, 3.63) is 113 Å².